The number of allylic oxidation sites excluding steroid dienone is 3. The fraction of sp³-hybridized carbons (Fsp3) is 0.684. The van der Waals surface area contributed by atoms with Crippen LogP contribution in [0.15, 0.2) is 24.3 Å². The molecule has 0 atom stereocenters. The minimum absolute atomic E-state index is 0.311. The molecule has 0 unspecified atom stereocenters. The van der Waals surface area contributed by atoms with Gasteiger partial charge in [0.2, 0.25) is 0 Å². The van der Waals surface area contributed by atoms with Crippen LogP contribution in [-0.2, 0) is 9.59 Å². The van der Waals surface area contributed by atoms with E-state index in [0.29, 0.717) is 6.42 Å². The van der Waals surface area contributed by atoms with Gasteiger partial charge in [-0.3, -0.25) is 4.79 Å². The summed E-state index contributed by atoms with van der Waals surface area (Å²) in [5, 5.41) is 16.9. The molecule has 0 aliphatic heterocycles. The lowest BCUT2D eigenvalue weighted by atomic mass is 10.0. The molecule has 0 heterocycles. The van der Waals surface area contributed by atoms with E-state index in [4.69, 9.17) is 10.2 Å². The number of carboxylic acid groups (broad SMARTS) is 2. The molecular weight excluding hydrogens is 292 g/mol. The van der Waals surface area contributed by atoms with E-state index in [-0.39, 0.29) is 0 Å². The predicted octanol–water partition coefficient (Wildman–Crippen LogP) is 5.34. The lowest BCUT2D eigenvalue weighted by Crippen LogP contribution is -1.93. The van der Waals surface area contributed by atoms with Crippen LogP contribution in [0.3, 0.4) is 0 Å². The first-order valence-corrected chi connectivity index (χ1v) is 8.91. The maximum Gasteiger partial charge on any atom is 0.328 e. The first-order valence-electron chi connectivity index (χ1n) is 8.91. The van der Waals surface area contributed by atoms with E-state index in [0.717, 1.165) is 31.8 Å². The molecule has 0 aromatic carbocycles. The molecule has 0 aromatic rings. The largest absolute Gasteiger partial charge is 0.481 e. The molecule has 0 fully saturated rings. The quantitative estimate of drug-likeness (QED) is 0.228. The van der Waals surface area contributed by atoms with Gasteiger partial charge >= 0.3 is 11.9 Å². The molecule has 23 heavy (non-hydrogen) atoms. The van der Waals surface area contributed by atoms with Crippen molar-refractivity contribution in [2.24, 2.45) is 0 Å². The van der Waals surface area contributed by atoms with Crippen molar-refractivity contribution in [1.29, 1.82) is 0 Å². The summed E-state index contributed by atoms with van der Waals surface area (Å²) in [5.41, 5.74) is 0. The smallest absolute Gasteiger partial charge is 0.328 e. The summed E-state index contributed by atoms with van der Waals surface area (Å²) in [5.74, 6) is -1.59. The van der Waals surface area contributed by atoms with Crippen molar-refractivity contribution in [3.05, 3.63) is 24.3 Å². The van der Waals surface area contributed by atoms with E-state index in [2.05, 4.69) is 0 Å². The Balaban J connectivity index is 3.13. The summed E-state index contributed by atoms with van der Waals surface area (Å²) in [6, 6.07) is 0. The fourth-order valence-electron chi connectivity index (χ4n) is 2.44. The second-order valence-electron chi connectivity index (χ2n) is 5.95. The standard InChI is InChI=1S/C19H32O4/c20-18(21)16-14-12-10-8-6-4-2-1-3-5-7-9-11-13-15-17-19(22)23/h10,12,14,16H,1-9,11,13,15,17H2,(H,20,21)(H,22,23). The van der Waals surface area contributed by atoms with E-state index in [9.17, 15) is 9.59 Å². The molecule has 0 aromatic heterocycles. The van der Waals surface area contributed by atoms with E-state index >= 15 is 0 Å². The summed E-state index contributed by atoms with van der Waals surface area (Å²) in [6.07, 6.45) is 20.9. The number of aliphatic carboxylic acids is 2. The van der Waals surface area contributed by atoms with Crippen LogP contribution in [0.25, 0.3) is 0 Å². The van der Waals surface area contributed by atoms with Crippen LogP contribution < -0.4 is 0 Å². The number of unbranched alkanes of at least 4 members (excludes halogenated alkanes) is 11. The molecular formula is C19H32O4. The highest BCUT2D eigenvalue weighted by atomic mass is 16.4. The number of hydrogen-bond acceptors (Lipinski definition) is 2. The Hall–Kier alpha value is -1.58. The van der Waals surface area contributed by atoms with Crippen LogP contribution in [0.2, 0.25) is 0 Å². The molecule has 132 valence electrons. The number of carboxylic acids is 2. The molecule has 4 heteroatoms. The highest BCUT2D eigenvalue weighted by Gasteiger charge is 1.96. The normalized spacial score (nSPS) is 11.5. The summed E-state index contributed by atoms with van der Waals surface area (Å²) < 4.78 is 0. The predicted molar refractivity (Wildman–Crippen MR) is 93.6 cm³/mol. The summed E-state index contributed by atoms with van der Waals surface area (Å²) >= 11 is 0. The monoisotopic (exact) mass is 324 g/mol. The molecule has 0 spiro atoms. The molecule has 2 N–H and O–H groups in total. The Morgan fingerprint density at radius 3 is 1.61 bits per heavy atom. The second kappa shape index (κ2) is 16.8. The highest BCUT2D eigenvalue weighted by Crippen LogP contribution is 2.12. The van der Waals surface area contributed by atoms with Crippen LogP contribution in [0.5, 0.6) is 0 Å². The van der Waals surface area contributed by atoms with Crippen molar-refractivity contribution in [3.63, 3.8) is 0 Å². The topological polar surface area (TPSA) is 74.6 Å². The van der Waals surface area contributed by atoms with Gasteiger partial charge in [0.25, 0.3) is 0 Å². The molecule has 0 rings (SSSR count). The minimum Gasteiger partial charge on any atom is -0.481 e. The van der Waals surface area contributed by atoms with Crippen molar-refractivity contribution < 1.29 is 19.8 Å². The lowest BCUT2D eigenvalue weighted by molar-refractivity contribution is -0.137. The summed E-state index contributed by atoms with van der Waals surface area (Å²) in [4.78, 5) is 20.6. The average molecular weight is 324 g/mol. The molecule has 0 saturated heterocycles. The maximum atomic E-state index is 10.3. The third-order valence-electron chi connectivity index (χ3n) is 3.75. The Bertz CT molecular complexity index is 358. The molecule has 0 aliphatic carbocycles. The zero-order valence-corrected chi connectivity index (χ0v) is 14.2. The van der Waals surface area contributed by atoms with E-state index in [1.165, 1.54) is 51.4 Å². The molecule has 0 radical (unpaired) electrons. The van der Waals surface area contributed by atoms with Gasteiger partial charge in [-0.1, -0.05) is 76.0 Å². The Morgan fingerprint density at radius 1 is 0.652 bits per heavy atom. The first-order chi connectivity index (χ1) is 11.1. The first kappa shape index (κ1) is 21.4. The highest BCUT2D eigenvalue weighted by molar-refractivity contribution is 5.80. The van der Waals surface area contributed by atoms with Crippen LogP contribution in [-0.4, -0.2) is 22.2 Å². The molecule has 0 amide bonds. The molecule has 4 nitrogen and oxygen atoms in total. The lowest BCUT2D eigenvalue weighted by Gasteiger charge is -2.02. The van der Waals surface area contributed by atoms with Gasteiger partial charge in [0, 0.05) is 12.5 Å². The Labute approximate surface area is 140 Å². The number of rotatable bonds is 16. The van der Waals surface area contributed by atoms with Crippen LogP contribution in [0.1, 0.15) is 83.5 Å². The van der Waals surface area contributed by atoms with Gasteiger partial charge in [-0.05, 0) is 19.3 Å². The molecule has 0 saturated carbocycles. The van der Waals surface area contributed by atoms with Crippen LogP contribution >= 0.6 is 0 Å². The van der Waals surface area contributed by atoms with Crippen LogP contribution in [0, 0.1) is 0 Å². The van der Waals surface area contributed by atoms with E-state index in [1.54, 1.807) is 12.2 Å². The Morgan fingerprint density at radius 2 is 1.13 bits per heavy atom. The third-order valence-corrected chi connectivity index (χ3v) is 3.75. The van der Waals surface area contributed by atoms with Crippen LogP contribution in [0.4, 0.5) is 0 Å². The maximum absolute atomic E-state index is 10.3. The van der Waals surface area contributed by atoms with Crippen molar-refractivity contribution in [2.75, 3.05) is 0 Å². The second-order valence-corrected chi connectivity index (χ2v) is 5.95. The van der Waals surface area contributed by atoms with Crippen molar-refractivity contribution in [1.82, 2.24) is 0 Å². The average Bonchev–Trinajstić information content (AvgIpc) is 2.49. The third kappa shape index (κ3) is 20.4. The molecule has 0 bridgehead atoms. The van der Waals surface area contributed by atoms with Gasteiger partial charge in [0.1, 0.15) is 0 Å². The zero-order chi connectivity index (χ0) is 17.2. The van der Waals surface area contributed by atoms with Gasteiger partial charge in [0.15, 0.2) is 0 Å². The van der Waals surface area contributed by atoms with Gasteiger partial charge < -0.3 is 10.2 Å². The summed E-state index contributed by atoms with van der Waals surface area (Å²) in [6.45, 7) is 0. The van der Waals surface area contributed by atoms with Crippen molar-refractivity contribution in [2.45, 2.75) is 83.5 Å². The van der Waals surface area contributed by atoms with Gasteiger partial charge in [-0.25, -0.2) is 4.79 Å². The zero-order valence-electron chi connectivity index (χ0n) is 14.2. The fourth-order valence-corrected chi connectivity index (χ4v) is 2.44. The number of hydrogen-bond donors (Lipinski definition) is 2. The minimum atomic E-state index is -0.907. The Kier molecular flexibility index (Phi) is 15.6. The van der Waals surface area contributed by atoms with Gasteiger partial charge in [0.05, 0.1) is 0 Å². The number of carbonyl (C=O) groups is 2. The summed E-state index contributed by atoms with van der Waals surface area (Å²) in [7, 11) is 0. The van der Waals surface area contributed by atoms with E-state index < -0.39 is 11.9 Å². The van der Waals surface area contributed by atoms with Gasteiger partial charge in [-0.2, -0.15) is 0 Å². The van der Waals surface area contributed by atoms with Crippen molar-refractivity contribution >= 4 is 11.9 Å². The van der Waals surface area contributed by atoms with E-state index in [1.807, 2.05) is 6.08 Å². The van der Waals surface area contributed by atoms with Crippen molar-refractivity contribution in [3.8, 4) is 0 Å². The molecule has 0 aliphatic rings. The van der Waals surface area contributed by atoms with Gasteiger partial charge in [-0.15, -0.1) is 0 Å². The SMILES string of the molecule is O=C(O)C=CC=CCCCCCCCCCCCCCC(=O)O.